The van der Waals surface area contributed by atoms with E-state index in [2.05, 4.69) is 78.3 Å². The first-order valence-corrected chi connectivity index (χ1v) is 36.5. The summed E-state index contributed by atoms with van der Waals surface area (Å²) in [5.41, 5.74) is 1.60. The van der Waals surface area contributed by atoms with Gasteiger partial charge >= 0.3 is 36.2 Å². The van der Waals surface area contributed by atoms with Crippen molar-refractivity contribution in [3.8, 4) is 0 Å². The van der Waals surface area contributed by atoms with Gasteiger partial charge in [0.15, 0.2) is 0 Å². The van der Waals surface area contributed by atoms with Gasteiger partial charge in [0.2, 0.25) is 0 Å². The van der Waals surface area contributed by atoms with Crippen LogP contribution in [0.1, 0.15) is 239 Å². The molecule has 15 heteroatoms. The first-order valence-electron chi connectivity index (χ1n) is 36.5. The van der Waals surface area contributed by atoms with Gasteiger partial charge in [-0.1, -0.05) is 193 Å². The molecule has 3 amide bonds. The average Bonchev–Trinajstić information content (AvgIpc) is 0.911. The van der Waals surface area contributed by atoms with E-state index in [4.69, 9.17) is 28.4 Å². The number of nitrogens with one attached hydrogen (secondary N) is 3. The summed E-state index contributed by atoms with van der Waals surface area (Å²) < 4.78 is 34.5. The fourth-order valence-corrected chi connectivity index (χ4v) is 13.8. The fourth-order valence-electron chi connectivity index (χ4n) is 13.8. The van der Waals surface area contributed by atoms with Gasteiger partial charge in [-0.05, 0) is 209 Å². The second-order valence-corrected chi connectivity index (χ2v) is 32.9. The lowest BCUT2D eigenvalue weighted by molar-refractivity contribution is -0.161. The van der Waals surface area contributed by atoms with E-state index in [1.54, 1.807) is 0 Å². The number of carbonyl (C=O) groups is 6. The van der Waals surface area contributed by atoms with Crippen LogP contribution in [0.3, 0.4) is 0 Å². The number of rotatable bonds is 24. The van der Waals surface area contributed by atoms with E-state index in [9.17, 15) is 28.8 Å². The third-order valence-electron chi connectivity index (χ3n) is 18.9. The van der Waals surface area contributed by atoms with Crippen LogP contribution in [0, 0.1) is 71.0 Å². The van der Waals surface area contributed by atoms with Crippen LogP contribution in [0.15, 0.2) is 91.0 Å². The molecule has 3 N–H and O–H groups in total. The van der Waals surface area contributed by atoms with Crippen molar-refractivity contribution in [1.29, 1.82) is 0 Å². The third-order valence-corrected chi connectivity index (χ3v) is 18.9. The summed E-state index contributed by atoms with van der Waals surface area (Å²) in [7, 11) is 0. The lowest BCUT2D eigenvalue weighted by Gasteiger charge is -2.37. The summed E-state index contributed by atoms with van der Waals surface area (Å²) >= 11 is 0. The first-order chi connectivity index (χ1) is 44.8. The van der Waals surface area contributed by atoms with Gasteiger partial charge < -0.3 is 44.4 Å². The minimum Gasteiger partial charge on any atom is -0.462 e. The average molecular weight is 1340 g/mol. The second-order valence-electron chi connectivity index (χ2n) is 32.9. The van der Waals surface area contributed by atoms with Gasteiger partial charge in [-0.2, -0.15) is 0 Å². The molecule has 0 bridgehead atoms. The summed E-state index contributed by atoms with van der Waals surface area (Å²) in [6.45, 7) is 42.3. The molecule has 3 aromatic rings. The molecule has 6 rings (SSSR count). The summed E-state index contributed by atoms with van der Waals surface area (Å²) in [6.07, 6.45) is 11.7. The Kier molecular flexibility index (Phi) is 33.8. The number of hydrogen-bond donors (Lipinski definition) is 3. The minimum absolute atomic E-state index is 0.0138. The second kappa shape index (κ2) is 39.5. The van der Waals surface area contributed by atoms with E-state index in [0.29, 0.717) is 91.8 Å². The zero-order chi connectivity index (χ0) is 71.7. The van der Waals surface area contributed by atoms with Crippen molar-refractivity contribution in [2.24, 2.45) is 71.0 Å². The molecule has 15 atom stereocenters. The Morgan fingerprint density at radius 3 is 0.781 bits per heavy atom. The Bertz CT molecular complexity index is 2470. The standard InChI is InChI=1S/3C27H43NO4/c3*1-18(2)23-14-13-19(3)15-24(23)31-25(29)20(4)16-22(17-21-11-9-8-10-12-21)28-26(30)32-27(5,6)7/h3*8-12,18-20,22-24H,13-17H2,1-7H3,(H,28,30)/t19-,20?,22-,23+,24-;19-,20+,22-,23+,24-;19-,20-,22-,23+,24-/m111/s1. The zero-order valence-corrected chi connectivity index (χ0v) is 63.1. The number of esters is 3. The van der Waals surface area contributed by atoms with Crippen LogP contribution in [-0.4, -0.2) is 89.4 Å². The Morgan fingerprint density at radius 2 is 0.583 bits per heavy atom. The van der Waals surface area contributed by atoms with E-state index < -0.39 is 35.1 Å². The van der Waals surface area contributed by atoms with Gasteiger partial charge in [0.05, 0.1) is 17.8 Å². The van der Waals surface area contributed by atoms with Crippen LogP contribution in [-0.2, 0) is 62.1 Å². The number of ether oxygens (including phenoxy) is 6. The maximum atomic E-state index is 13.0. The molecule has 3 saturated carbocycles. The number of carbonyl (C=O) groups excluding carboxylic acids is 6. The van der Waals surface area contributed by atoms with E-state index in [1.807, 2.05) is 174 Å². The van der Waals surface area contributed by atoms with Crippen molar-refractivity contribution in [2.75, 3.05) is 0 Å². The van der Waals surface area contributed by atoms with Gasteiger partial charge in [-0.3, -0.25) is 14.4 Å². The monoisotopic (exact) mass is 1340 g/mol. The van der Waals surface area contributed by atoms with Crippen LogP contribution in [0.25, 0.3) is 0 Å². The smallest absolute Gasteiger partial charge is 0.407 e. The fraction of sp³-hybridized carbons (Fsp3) is 0.704. The summed E-state index contributed by atoms with van der Waals surface area (Å²) in [4.78, 5) is 76.4. The first kappa shape index (κ1) is 82.3. The molecule has 3 aliphatic carbocycles. The van der Waals surface area contributed by atoms with Crippen LogP contribution in [0.5, 0.6) is 0 Å². The van der Waals surface area contributed by atoms with Crippen LogP contribution < -0.4 is 16.0 Å². The van der Waals surface area contributed by atoms with E-state index in [1.165, 1.54) is 19.3 Å². The molecule has 96 heavy (non-hydrogen) atoms. The maximum Gasteiger partial charge on any atom is 0.407 e. The zero-order valence-electron chi connectivity index (χ0n) is 63.1. The molecule has 0 aliphatic heterocycles. The number of benzene rings is 3. The Morgan fingerprint density at radius 1 is 0.365 bits per heavy atom. The molecule has 0 saturated heterocycles. The summed E-state index contributed by atoms with van der Waals surface area (Å²) in [5.74, 6) is 3.04. The van der Waals surface area contributed by atoms with Gasteiger partial charge in [-0.25, -0.2) is 14.4 Å². The molecule has 0 spiro atoms. The Balaban J connectivity index is 0.000000306. The summed E-state index contributed by atoms with van der Waals surface area (Å²) in [6, 6.07) is 29.3. The Hall–Kier alpha value is -6.12. The number of hydrogen-bond acceptors (Lipinski definition) is 12. The highest BCUT2D eigenvalue weighted by atomic mass is 16.6. The van der Waals surface area contributed by atoms with Crippen molar-refractivity contribution in [2.45, 2.75) is 295 Å². The van der Waals surface area contributed by atoms with Crippen molar-refractivity contribution in [3.05, 3.63) is 108 Å². The lowest BCUT2D eigenvalue weighted by Crippen LogP contribution is -2.42. The minimum atomic E-state index is -0.574. The lowest BCUT2D eigenvalue weighted by atomic mass is 9.75. The predicted molar refractivity (Wildman–Crippen MR) is 385 cm³/mol. The molecule has 0 radical (unpaired) electrons. The summed E-state index contributed by atoms with van der Waals surface area (Å²) in [5, 5.41) is 8.93. The van der Waals surface area contributed by atoms with Crippen molar-refractivity contribution >= 4 is 36.2 Å². The topological polar surface area (TPSA) is 194 Å². The molecule has 1 unspecified atom stereocenters. The normalized spacial score (nSPS) is 23.3. The molecule has 540 valence electrons. The van der Waals surface area contributed by atoms with E-state index in [-0.39, 0.29) is 72.1 Å². The predicted octanol–water partition coefficient (Wildman–Crippen LogP) is 18.5. The number of amides is 3. The number of alkyl carbamates (subject to hydrolysis) is 3. The van der Waals surface area contributed by atoms with Crippen LogP contribution in [0.2, 0.25) is 0 Å². The van der Waals surface area contributed by atoms with E-state index in [0.717, 1.165) is 55.2 Å². The Labute approximate surface area is 580 Å². The van der Waals surface area contributed by atoms with Gasteiger partial charge in [-0.15, -0.1) is 0 Å². The molecule has 3 fully saturated rings. The molecule has 0 heterocycles. The molecule has 3 aromatic carbocycles. The van der Waals surface area contributed by atoms with Crippen molar-refractivity contribution < 1.29 is 57.2 Å². The van der Waals surface area contributed by atoms with Crippen LogP contribution in [0.4, 0.5) is 14.4 Å². The SMILES string of the molecule is CC(C)[C@@H]1CC[C@@H](C)C[C@H]1OC(=O)[C@@H](C)C[C@H](Cc1ccccc1)NC(=O)OC(C)(C)C.CC(C)[C@@H]1CC[C@@H](C)C[C@H]1OC(=O)[C@H](C)C[C@H](Cc1ccccc1)NC(=O)OC(C)(C)C.CC(C[C@H](Cc1ccccc1)NC(=O)OC(C)(C)C)C(=O)O[C@@H]1C[C@H](C)CC[C@H]1C(C)C. The van der Waals surface area contributed by atoms with Gasteiger partial charge in [0, 0.05) is 18.1 Å². The molecule has 15 nitrogen and oxygen atoms in total. The highest BCUT2D eigenvalue weighted by molar-refractivity contribution is 5.74. The van der Waals surface area contributed by atoms with E-state index >= 15 is 0 Å². The molecular formula is C81H129N3O12. The van der Waals surface area contributed by atoms with Crippen molar-refractivity contribution in [1.82, 2.24) is 16.0 Å². The van der Waals surface area contributed by atoms with Crippen LogP contribution >= 0.6 is 0 Å². The maximum absolute atomic E-state index is 13.0. The van der Waals surface area contributed by atoms with Gasteiger partial charge in [0.1, 0.15) is 35.1 Å². The molecule has 0 aromatic heterocycles. The highest BCUT2D eigenvalue weighted by Gasteiger charge is 2.39. The highest BCUT2D eigenvalue weighted by Crippen LogP contribution is 2.39. The van der Waals surface area contributed by atoms with Crippen molar-refractivity contribution in [3.63, 3.8) is 0 Å². The quantitative estimate of drug-likeness (QED) is 0.0568. The molecule has 3 aliphatic rings. The van der Waals surface area contributed by atoms with Gasteiger partial charge in [0.25, 0.3) is 0 Å². The largest absolute Gasteiger partial charge is 0.462 e. The molecular weight excluding hydrogens is 1210 g/mol. The third kappa shape index (κ3) is 32.0.